The van der Waals surface area contributed by atoms with E-state index in [4.69, 9.17) is 4.74 Å². The quantitative estimate of drug-likeness (QED) is 0.298. The number of likely N-dealkylation sites (tertiary alicyclic amines) is 1. The second-order valence-corrected chi connectivity index (χ2v) is 9.70. The van der Waals surface area contributed by atoms with Gasteiger partial charge in [0.2, 0.25) is 5.95 Å². The van der Waals surface area contributed by atoms with E-state index in [-0.39, 0.29) is 6.04 Å². The number of anilines is 3. The molecule has 2 heterocycles. The van der Waals surface area contributed by atoms with Gasteiger partial charge in [-0.1, -0.05) is 17.7 Å². The highest BCUT2D eigenvalue weighted by atomic mass is 79.9. The lowest BCUT2D eigenvalue weighted by atomic mass is 10.1. The molecule has 0 aliphatic carbocycles. The molecular formula is C27H31BrN6O2. The van der Waals surface area contributed by atoms with E-state index in [1.165, 1.54) is 5.56 Å². The number of nitrogens with zero attached hydrogens (tertiary/aromatic N) is 3. The van der Waals surface area contributed by atoms with Crippen LogP contribution in [0.5, 0.6) is 11.5 Å². The number of aryl methyl sites for hydroxylation is 1. The maximum atomic E-state index is 12.1. The fourth-order valence-electron chi connectivity index (χ4n) is 3.94. The summed E-state index contributed by atoms with van der Waals surface area (Å²) in [5.41, 5.74) is 2.82. The summed E-state index contributed by atoms with van der Waals surface area (Å²) in [5, 5.41) is 9.73. The second kappa shape index (κ2) is 12.0. The van der Waals surface area contributed by atoms with Crippen LogP contribution in [0.25, 0.3) is 4.48 Å². The Morgan fingerprint density at radius 2 is 1.69 bits per heavy atom. The Morgan fingerprint density at radius 1 is 1.06 bits per heavy atom. The molecule has 4 rings (SSSR count). The molecule has 0 saturated carbocycles. The number of hydrogen-bond acceptors (Lipinski definition) is 8. The van der Waals surface area contributed by atoms with Crippen molar-refractivity contribution in [1.29, 1.82) is 0 Å². The molecule has 188 valence electrons. The van der Waals surface area contributed by atoms with E-state index < -0.39 is 0 Å². The van der Waals surface area contributed by atoms with E-state index in [9.17, 15) is 4.79 Å². The van der Waals surface area contributed by atoms with Crippen molar-refractivity contribution in [1.82, 2.24) is 20.2 Å². The van der Waals surface area contributed by atoms with Gasteiger partial charge in [0.1, 0.15) is 17.3 Å². The largest absolute Gasteiger partial charge is 0.457 e. The van der Waals surface area contributed by atoms with Crippen LogP contribution in [0.15, 0.2) is 54.7 Å². The fourth-order valence-corrected chi connectivity index (χ4v) is 4.47. The third-order valence-corrected chi connectivity index (χ3v) is 6.59. The van der Waals surface area contributed by atoms with Crippen LogP contribution in [-0.4, -0.2) is 54.4 Å². The molecule has 0 bridgehead atoms. The predicted molar refractivity (Wildman–Crippen MR) is 149 cm³/mol. The molecule has 0 amide bonds. The highest BCUT2D eigenvalue weighted by molar-refractivity contribution is 9.15. The molecule has 0 atom stereocenters. The zero-order valence-corrected chi connectivity index (χ0v) is 22.3. The topological polar surface area (TPSA) is 91.4 Å². The third kappa shape index (κ3) is 6.61. The molecule has 1 saturated heterocycles. The van der Waals surface area contributed by atoms with Crippen LogP contribution < -0.4 is 20.7 Å². The molecule has 1 fully saturated rings. The first-order valence-electron chi connectivity index (χ1n) is 11.9. The van der Waals surface area contributed by atoms with Gasteiger partial charge in [-0.2, -0.15) is 4.98 Å². The monoisotopic (exact) mass is 550 g/mol. The minimum atomic E-state index is 0.272. The Morgan fingerprint density at radius 3 is 2.31 bits per heavy atom. The molecule has 0 spiro atoms. The SMILES string of the molecule is CN/C=C(/Br)c1nc(NC2CCN(C)CC2)nc(Nc2ccc(Oc3ccc(C)cc3)cc2)c1C=O. The zero-order valence-electron chi connectivity index (χ0n) is 20.7. The summed E-state index contributed by atoms with van der Waals surface area (Å²) in [7, 11) is 3.92. The van der Waals surface area contributed by atoms with E-state index in [0.717, 1.165) is 43.7 Å². The Hall–Kier alpha value is -3.43. The predicted octanol–water partition coefficient (Wildman–Crippen LogP) is 5.55. The molecule has 1 aromatic heterocycles. The lowest BCUT2D eigenvalue weighted by molar-refractivity contribution is 0.112. The number of aldehydes is 1. The first-order chi connectivity index (χ1) is 17.4. The molecule has 9 heteroatoms. The van der Waals surface area contributed by atoms with Crippen molar-refractivity contribution in [3.63, 3.8) is 0 Å². The third-order valence-electron chi connectivity index (χ3n) is 5.99. The highest BCUT2D eigenvalue weighted by Crippen LogP contribution is 2.30. The highest BCUT2D eigenvalue weighted by Gasteiger charge is 2.21. The van der Waals surface area contributed by atoms with Gasteiger partial charge in [-0.25, -0.2) is 4.98 Å². The number of nitrogens with one attached hydrogen (secondary N) is 3. The number of rotatable bonds is 9. The van der Waals surface area contributed by atoms with Crippen LogP contribution in [-0.2, 0) is 0 Å². The van der Waals surface area contributed by atoms with Crippen LogP contribution in [0.2, 0.25) is 0 Å². The van der Waals surface area contributed by atoms with Gasteiger partial charge in [-0.15, -0.1) is 0 Å². The molecular weight excluding hydrogens is 520 g/mol. The van der Waals surface area contributed by atoms with Crippen molar-refractivity contribution in [2.75, 3.05) is 37.8 Å². The maximum absolute atomic E-state index is 12.1. The van der Waals surface area contributed by atoms with Crippen LogP contribution in [0.3, 0.4) is 0 Å². The zero-order chi connectivity index (χ0) is 25.5. The van der Waals surface area contributed by atoms with Gasteiger partial charge in [0.05, 0.1) is 15.7 Å². The normalized spacial score (nSPS) is 14.8. The van der Waals surface area contributed by atoms with Gasteiger partial charge in [0.15, 0.2) is 6.29 Å². The van der Waals surface area contributed by atoms with Gasteiger partial charge < -0.3 is 25.6 Å². The smallest absolute Gasteiger partial charge is 0.225 e. The van der Waals surface area contributed by atoms with Gasteiger partial charge in [-0.3, -0.25) is 4.79 Å². The average Bonchev–Trinajstić information content (AvgIpc) is 2.88. The van der Waals surface area contributed by atoms with Crippen LogP contribution in [0.1, 0.15) is 34.5 Å². The Balaban J connectivity index is 1.58. The van der Waals surface area contributed by atoms with Crippen molar-refractivity contribution in [2.45, 2.75) is 25.8 Å². The Kier molecular flexibility index (Phi) is 8.56. The molecule has 0 unspecified atom stereocenters. The van der Waals surface area contributed by atoms with Crippen LogP contribution in [0, 0.1) is 6.92 Å². The van der Waals surface area contributed by atoms with Crippen molar-refractivity contribution in [3.8, 4) is 11.5 Å². The van der Waals surface area contributed by atoms with Crippen molar-refractivity contribution < 1.29 is 9.53 Å². The summed E-state index contributed by atoms with van der Waals surface area (Å²) in [6.07, 6.45) is 4.53. The Labute approximate surface area is 220 Å². The number of aromatic nitrogens is 2. The summed E-state index contributed by atoms with van der Waals surface area (Å²) in [4.78, 5) is 23.8. The van der Waals surface area contributed by atoms with E-state index in [0.29, 0.717) is 33.3 Å². The number of hydrogen-bond donors (Lipinski definition) is 3. The summed E-state index contributed by atoms with van der Waals surface area (Å²) in [6, 6.07) is 15.7. The Bertz CT molecular complexity index is 1210. The molecule has 0 radical (unpaired) electrons. The fraction of sp³-hybridized carbons (Fsp3) is 0.296. The van der Waals surface area contributed by atoms with Crippen LogP contribution in [0.4, 0.5) is 17.5 Å². The lowest BCUT2D eigenvalue weighted by Crippen LogP contribution is -2.37. The second-order valence-electron chi connectivity index (χ2n) is 8.84. The molecule has 1 aliphatic rings. The van der Waals surface area contributed by atoms with Gasteiger partial charge in [-0.05, 0) is 92.2 Å². The van der Waals surface area contributed by atoms with Gasteiger partial charge in [0, 0.05) is 25.0 Å². The summed E-state index contributed by atoms with van der Waals surface area (Å²) in [6.45, 7) is 4.07. The average molecular weight is 551 g/mol. The molecule has 3 aromatic rings. The first-order valence-corrected chi connectivity index (χ1v) is 12.7. The number of ether oxygens (including phenoxy) is 1. The molecule has 3 N–H and O–H groups in total. The van der Waals surface area contributed by atoms with E-state index in [2.05, 4.69) is 53.8 Å². The van der Waals surface area contributed by atoms with E-state index >= 15 is 0 Å². The molecule has 8 nitrogen and oxygen atoms in total. The number of benzene rings is 2. The van der Waals surface area contributed by atoms with Gasteiger partial charge in [0.25, 0.3) is 0 Å². The maximum Gasteiger partial charge on any atom is 0.225 e. The summed E-state index contributed by atoms with van der Waals surface area (Å²) >= 11 is 3.54. The minimum Gasteiger partial charge on any atom is -0.457 e. The summed E-state index contributed by atoms with van der Waals surface area (Å²) < 4.78 is 6.59. The van der Waals surface area contributed by atoms with Crippen molar-refractivity contribution in [3.05, 3.63) is 71.6 Å². The van der Waals surface area contributed by atoms with Crippen molar-refractivity contribution in [2.24, 2.45) is 0 Å². The number of piperidine rings is 1. The van der Waals surface area contributed by atoms with E-state index in [1.54, 1.807) is 13.2 Å². The van der Waals surface area contributed by atoms with Gasteiger partial charge >= 0.3 is 0 Å². The molecule has 2 aromatic carbocycles. The number of carbonyl (C=O) groups is 1. The van der Waals surface area contributed by atoms with Crippen molar-refractivity contribution >= 4 is 44.2 Å². The molecule has 1 aliphatic heterocycles. The standard InChI is InChI=1S/C27H31BrN6O2/c1-18-4-8-21(9-5-18)36-22-10-6-19(7-11-22)30-26-23(17-35)25(24(28)16-29-2)32-27(33-26)31-20-12-14-34(3)15-13-20/h4-11,16-17,20,29H,12-15H2,1-3H3,(H2,30,31,32,33)/b24-16+. The number of carbonyl (C=O) groups excluding carboxylic acids is 1. The lowest BCUT2D eigenvalue weighted by Gasteiger charge is -2.29. The number of halogens is 1. The molecule has 36 heavy (non-hydrogen) atoms. The first kappa shape index (κ1) is 25.7. The summed E-state index contributed by atoms with van der Waals surface area (Å²) in [5.74, 6) is 2.40. The minimum absolute atomic E-state index is 0.272. The van der Waals surface area contributed by atoms with Crippen LogP contribution >= 0.6 is 15.9 Å². The van der Waals surface area contributed by atoms with E-state index in [1.807, 2.05) is 55.5 Å².